The minimum atomic E-state index is -4.07. The van der Waals surface area contributed by atoms with Gasteiger partial charge in [-0.15, -0.1) is 0 Å². The molecule has 0 aromatic heterocycles. The van der Waals surface area contributed by atoms with Crippen molar-refractivity contribution in [2.45, 2.75) is 25.2 Å². The molecule has 0 aliphatic heterocycles. The van der Waals surface area contributed by atoms with E-state index in [1.165, 1.54) is 18.2 Å². The Labute approximate surface area is 180 Å². The molecule has 31 heavy (non-hydrogen) atoms. The van der Waals surface area contributed by atoms with Gasteiger partial charge in [0, 0.05) is 5.56 Å². The Hall–Kier alpha value is -3.52. The lowest BCUT2D eigenvalue weighted by molar-refractivity contribution is 0.157. The van der Waals surface area contributed by atoms with Crippen LogP contribution in [0.4, 0.5) is 9.18 Å². The van der Waals surface area contributed by atoms with E-state index in [-0.39, 0.29) is 10.7 Å². The van der Waals surface area contributed by atoms with Gasteiger partial charge in [-0.3, -0.25) is 4.84 Å². The van der Waals surface area contributed by atoms with Crippen LogP contribution >= 0.6 is 0 Å². The molecule has 1 N–H and O–H groups in total. The van der Waals surface area contributed by atoms with Crippen LogP contribution in [-0.4, -0.2) is 20.2 Å². The molecule has 0 fully saturated rings. The third-order valence-electron chi connectivity index (χ3n) is 4.53. The number of nitrogens with zero attached hydrogens (tertiary/aromatic N) is 1. The second-order valence-electron chi connectivity index (χ2n) is 6.75. The van der Waals surface area contributed by atoms with E-state index in [0.717, 1.165) is 5.56 Å². The Bertz CT molecular complexity index is 1210. The van der Waals surface area contributed by atoms with Crippen LogP contribution in [0.25, 0.3) is 11.1 Å². The summed E-state index contributed by atoms with van der Waals surface area (Å²) in [5.74, 6) is -0.325. The average Bonchev–Trinajstić information content (AvgIpc) is 2.75. The van der Waals surface area contributed by atoms with Crippen LogP contribution in [0.2, 0.25) is 0 Å². The van der Waals surface area contributed by atoms with Crippen molar-refractivity contribution >= 4 is 21.8 Å². The number of benzene rings is 3. The van der Waals surface area contributed by atoms with E-state index in [4.69, 9.17) is 4.84 Å². The van der Waals surface area contributed by atoms with Gasteiger partial charge < -0.3 is 0 Å². The Morgan fingerprint density at radius 2 is 1.65 bits per heavy atom. The van der Waals surface area contributed by atoms with Crippen molar-refractivity contribution in [3.05, 3.63) is 89.7 Å². The van der Waals surface area contributed by atoms with Crippen LogP contribution in [0.3, 0.4) is 0 Å². The molecule has 0 saturated heterocycles. The molecule has 0 radical (unpaired) electrons. The van der Waals surface area contributed by atoms with E-state index in [9.17, 15) is 17.6 Å². The Balaban J connectivity index is 1.71. The predicted octanol–water partition coefficient (Wildman–Crippen LogP) is 5.03. The molecule has 0 heterocycles. The van der Waals surface area contributed by atoms with E-state index in [2.05, 4.69) is 5.16 Å². The van der Waals surface area contributed by atoms with Crippen molar-refractivity contribution in [3.8, 4) is 11.1 Å². The van der Waals surface area contributed by atoms with Crippen LogP contribution in [-0.2, 0) is 14.9 Å². The first-order valence-corrected chi connectivity index (χ1v) is 11.0. The van der Waals surface area contributed by atoms with Gasteiger partial charge in [-0.25, -0.2) is 22.3 Å². The normalized spacial score (nSPS) is 11.8. The minimum Gasteiger partial charge on any atom is -0.297 e. The lowest BCUT2D eigenvalue weighted by atomic mass is 10.0. The van der Waals surface area contributed by atoms with Crippen molar-refractivity contribution in [3.63, 3.8) is 0 Å². The standard InChI is InChI=1S/C23H21FN2O4S/c1-3-22(18-12-10-17(11-13-18)20-6-4-5-7-21(20)24)25-30-23(27)26-31(28,29)19-14-8-16(2)9-15-19/h4-15H,3H2,1-2H3,(H,26,27). The number of oxime groups is 1. The van der Waals surface area contributed by atoms with Crippen molar-refractivity contribution in [1.29, 1.82) is 0 Å². The number of aryl methyl sites for hydroxylation is 1. The highest BCUT2D eigenvalue weighted by Crippen LogP contribution is 2.23. The zero-order valence-electron chi connectivity index (χ0n) is 17.0. The van der Waals surface area contributed by atoms with Crippen LogP contribution in [0.15, 0.2) is 82.8 Å². The second kappa shape index (κ2) is 9.53. The van der Waals surface area contributed by atoms with E-state index in [1.54, 1.807) is 54.6 Å². The predicted molar refractivity (Wildman–Crippen MR) is 117 cm³/mol. The summed E-state index contributed by atoms with van der Waals surface area (Å²) in [6.45, 7) is 3.63. The van der Waals surface area contributed by atoms with Crippen molar-refractivity contribution in [1.82, 2.24) is 4.72 Å². The first kappa shape index (κ1) is 22.2. The zero-order valence-corrected chi connectivity index (χ0v) is 17.8. The summed E-state index contributed by atoms with van der Waals surface area (Å²) >= 11 is 0. The highest BCUT2D eigenvalue weighted by molar-refractivity contribution is 7.90. The Kier molecular flexibility index (Phi) is 6.81. The van der Waals surface area contributed by atoms with E-state index >= 15 is 0 Å². The third-order valence-corrected chi connectivity index (χ3v) is 5.85. The summed E-state index contributed by atoms with van der Waals surface area (Å²) in [6.07, 6.45) is -0.786. The van der Waals surface area contributed by atoms with Crippen molar-refractivity contribution in [2.24, 2.45) is 5.16 Å². The van der Waals surface area contributed by atoms with Crippen molar-refractivity contribution < 1.29 is 22.4 Å². The number of rotatable bonds is 6. The first-order chi connectivity index (χ1) is 14.8. The fourth-order valence-electron chi connectivity index (χ4n) is 2.86. The number of nitrogens with one attached hydrogen (secondary N) is 1. The highest BCUT2D eigenvalue weighted by atomic mass is 32.2. The molecule has 0 bridgehead atoms. The minimum absolute atomic E-state index is 0.0570. The third kappa shape index (κ3) is 5.55. The zero-order chi connectivity index (χ0) is 22.4. The van der Waals surface area contributed by atoms with Gasteiger partial charge in [-0.05, 0) is 42.7 Å². The molecule has 8 heteroatoms. The molecule has 0 atom stereocenters. The maximum absolute atomic E-state index is 14.0. The maximum atomic E-state index is 14.0. The Morgan fingerprint density at radius 1 is 1.00 bits per heavy atom. The van der Waals surface area contributed by atoms with Gasteiger partial charge in [0.15, 0.2) is 0 Å². The summed E-state index contributed by atoms with van der Waals surface area (Å²) in [6, 6.07) is 19.4. The lowest BCUT2D eigenvalue weighted by Crippen LogP contribution is -2.30. The molecule has 0 saturated carbocycles. The second-order valence-corrected chi connectivity index (χ2v) is 8.43. The molecule has 0 unspecified atom stereocenters. The molecule has 0 aliphatic carbocycles. The first-order valence-electron chi connectivity index (χ1n) is 9.53. The summed E-state index contributed by atoms with van der Waals surface area (Å²) in [5, 5.41) is 3.79. The molecule has 3 rings (SSSR count). The molecule has 3 aromatic carbocycles. The number of carbonyl (C=O) groups excluding carboxylic acids is 1. The van der Waals surface area contributed by atoms with Gasteiger partial charge in [0.05, 0.1) is 10.6 Å². The molecule has 3 aromatic rings. The topological polar surface area (TPSA) is 84.8 Å². The van der Waals surface area contributed by atoms with Gasteiger partial charge in [-0.2, -0.15) is 0 Å². The van der Waals surface area contributed by atoms with Crippen molar-refractivity contribution in [2.75, 3.05) is 0 Å². The van der Waals surface area contributed by atoms with Gasteiger partial charge in [0.25, 0.3) is 10.0 Å². The smallest absolute Gasteiger partial charge is 0.297 e. The number of halogens is 1. The highest BCUT2D eigenvalue weighted by Gasteiger charge is 2.19. The fraction of sp³-hybridized carbons (Fsp3) is 0.130. The Morgan fingerprint density at radius 3 is 2.26 bits per heavy atom. The van der Waals surface area contributed by atoms with Crippen LogP contribution in [0, 0.1) is 12.7 Å². The van der Waals surface area contributed by atoms with E-state index in [0.29, 0.717) is 28.8 Å². The molecular formula is C23H21FN2O4S. The van der Waals surface area contributed by atoms with Gasteiger partial charge in [0.1, 0.15) is 5.82 Å². The average molecular weight is 440 g/mol. The van der Waals surface area contributed by atoms with Crippen LogP contribution in [0.1, 0.15) is 24.5 Å². The molecular weight excluding hydrogens is 419 g/mol. The molecule has 160 valence electrons. The SMILES string of the molecule is CCC(=NOC(=O)NS(=O)(=O)c1ccc(C)cc1)c1ccc(-c2ccccc2F)cc1. The summed E-state index contributed by atoms with van der Waals surface area (Å²) < 4.78 is 40.3. The van der Waals surface area contributed by atoms with Gasteiger partial charge >= 0.3 is 6.09 Å². The number of hydrogen-bond acceptors (Lipinski definition) is 5. The largest absolute Gasteiger partial charge is 0.447 e. The number of carbonyl (C=O) groups is 1. The van der Waals surface area contributed by atoms with Gasteiger partial charge in [-0.1, -0.05) is 72.2 Å². The quantitative estimate of drug-likeness (QED) is 0.331. The molecule has 6 nitrogen and oxygen atoms in total. The fourth-order valence-corrected chi connectivity index (χ4v) is 3.73. The van der Waals surface area contributed by atoms with E-state index in [1.807, 2.05) is 18.6 Å². The lowest BCUT2D eigenvalue weighted by Gasteiger charge is -2.08. The summed E-state index contributed by atoms with van der Waals surface area (Å²) in [5.41, 5.74) is 3.15. The van der Waals surface area contributed by atoms with Crippen LogP contribution in [0.5, 0.6) is 0 Å². The van der Waals surface area contributed by atoms with E-state index < -0.39 is 16.1 Å². The number of sulfonamides is 1. The van der Waals surface area contributed by atoms with Gasteiger partial charge in [0.2, 0.25) is 0 Å². The molecule has 0 spiro atoms. The summed E-state index contributed by atoms with van der Waals surface area (Å²) in [7, 11) is -4.07. The number of amides is 1. The molecule has 1 amide bonds. The van der Waals surface area contributed by atoms with Crippen LogP contribution < -0.4 is 4.72 Å². The number of hydrogen-bond donors (Lipinski definition) is 1. The summed E-state index contributed by atoms with van der Waals surface area (Å²) in [4.78, 5) is 16.7. The molecule has 0 aliphatic rings. The monoisotopic (exact) mass is 440 g/mol. The maximum Gasteiger partial charge on any atom is 0.447 e.